The Morgan fingerprint density at radius 3 is 2.53 bits per heavy atom. The topological polar surface area (TPSA) is 98.3 Å². The fourth-order valence-corrected chi connectivity index (χ4v) is 6.99. The van der Waals surface area contributed by atoms with Crippen molar-refractivity contribution in [2.24, 2.45) is 21.6 Å². The van der Waals surface area contributed by atoms with Crippen LogP contribution in [0.5, 0.6) is 0 Å². The third-order valence-electron chi connectivity index (χ3n) is 10.4. The molecule has 0 unspecified atom stereocenters. The molecule has 4 rings (SSSR count). The average Bonchev–Trinajstić information content (AvgIpc) is 4.04. The fourth-order valence-electron chi connectivity index (χ4n) is 6.99. The summed E-state index contributed by atoms with van der Waals surface area (Å²) in [5.41, 5.74) is 17.0. The number of nitrogens with two attached hydrogens (primary N) is 1. The van der Waals surface area contributed by atoms with Crippen molar-refractivity contribution < 1.29 is 4.79 Å². The molecule has 2 aliphatic carbocycles. The van der Waals surface area contributed by atoms with E-state index >= 15 is 0 Å². The van der Waals surface area contributed by atoms with Crippen molar-refractivity contribution in [1.29, 1.82) is 0 Å². The van der Waals surface area contributed by atoms with Gasteiger partial charge in [0.2, 0.25) is 5.91 Å². The van der Waals surface area contributed by atoms with Gasteiger partial charge in [0.05, 0.1) is 24.8 Å². The Balaban J connectivity index is 1.59. The lowest BCUT2D eigenvalue weighted by atomic mass is 9.82. The van der Waals surface area contributed by atoms with Crippen LogP contribution >= 0.6 is 0 Å². The van der Waals surface area contributed by atoms with E-state index in [2.05, 4.69) is 111 Å². The highest BCUT2D eigenvalue weighted by molar-refractivity contribution is 6.06. The standard InChI is InChI=1S/C47H65N7O/c1-9-28-53(8)33-45(49-7)51-27-15-19-40(34(3)4)30-43-35(5)20-21-41(31-48)42(43)25-24-37-18-14-26-50-44(37)32-54(29-10-2)36(6)46(38-16-12-11-13-17-38)52-47(55)39-22-23-39/h11-13,16-17,24-25,30-31,39,46H,3,6,9-10,15,19-23,26-29,32-33,48H2,1-2,4-5,7-8H3,(H,49,51)(H,52,55)/b37-24+,40-30-,41-31-,42-25+/t46-/m0/s1. The molecule has 0 radical (unpaired) electrons. The van der Waals surface area contributed by atoms with Crippen LogP contribution in [0.4, 0.5) is 0 Å². The molecule has 3 aliphatic rings. The van der Waals surface area contributed by atoms with Gasteiger partial charge in [-0.3, -0.25) is 19.7 Å². The average molecular weight is 744 g/mol. The Hall–Kier alpha value is -4.87. The number of amidine groups is 1. The van der Waals surface area contributed by atoms with E-state index in [1.165, 1.54) is 16.7 Å². The molecule has 1 saturated carbocycles. The molecule has 8 nitrogen and oxygen atoms in total. The molecule has 1 amide bonds. The highest BCUT2D eigenvalue weighted by Crippen LogP contribution is 2.36. The first-order valence-electron chi connectivity index (χ1n) is 20.2. The summed E-state index contributed by atoms with van der Waals surface area (Å²) in [5.74, 6) is 7.81. The van der Waals surface area contributed by atoms with Crippen LogP contribution in [0.25, 0.3) is 0 Å². The highest BCUT2D eigenvalue weighted by atomic mass is 16.2. The van der Waals surface area contributed by atoms with Gasteiger partial charge in [0.25, 0.3) is 0 Å². The number of hydrogen-bond donors (Lipinski definition) is 3. The number of amides is 1. The number of aliphatic imine (C=N–C) groups is 2. The van der Waals surface area contributed by atoms with E-state index in [-0.39, 0.29) is 17.9 Å². The Morgan fingerprint density at radius 2 is 1.87 bits per heavy atom. The van der Waals surface area contributed by atoms with Gasteiger partial charge in [-0.25, -0.2) is 0 Å². The predicted octanol–water partition coefficient (Wildman–Crippen LogP) is 7.99. The molecule has 8 heteroatoms. The van der Waals surface area contributed by atoms with Crippen molar-refractivity contribution in [3.8, 4) is 11.8 Å². The van der Waals surface area contributed by atoms with Crippen LogP contribution < -0.4 is 16.4 Å². The van der Waals surface area contributed by atoms with Gasteiger partial charge in [-0.05, 0) is 119 Å². The van der Waals surface area contributed by atoms with E-state index in [1.807, 2.05) is 25.2 Å². The van der Waals surface area contributed by atoms with Crippen LogP contribution in [-0.2, 0) is 4.79 Å². The molecule has 1 heterocycles. The van der Waals surface area contributed by atoms with Crippen LogP contribution in [0.15, 0.2) is 123 Å². The molecule has 1 aliphatic heterocycles. The van der Waals surface area contributed by atoms with Gasteiger partial charge in [-0.2, -0.15) is 0 Å². The first-order chi connectivity index (χ1) is 26.6. The van der Waals surface area contributed by atoms with Crippen molar-refractivity contribution in [3.05, 3.63) is 118 Å². The van der Waals surface area contributed by atoms with Crippen molar-refractivity contribution in [2.75, 3.05) is 53.4 Å². The van der Waals surface area contributed by atoms with Gasteiger partial charge >= 0.3 is 0 Å². The minimum atomic E-state index is -0.320. The molecule has 55 heavy (non-hydrogen) atoms. The second-order valence-electron chi connectivity index (χ2n) is 15.0. The summed E-state index contributed by atoms with van der Waals surface area (Å²) in [6.45, 7) is 22.0. The predicted molar refractivity (Wildman–Crippen MR) is 233 cm³/mol. The molecule has 1 aromatic rings. The summed E-state index contributed by atoms with van der Waals surface area (Å²) in [6, 6.07) is 9.82. The van der Waals surface area contributed by atoms with Crippen LogP contribution in [0.3, 0.4) is 0 Å². The lowest BCUT2D eigenvalue weighted by Gasteiger charge is -2.33. The van der Waals surface area contributed by atoms with E-state index in [0.29, 0.717) is 13.1 Å². The molecule has 0 saturated heterocycles. The Kier molecular flexibility index (Phi) is 17.0. The minimum Gasteiger partial charge on any atom is -0.404 e. The second kappa shape index (κ2) is 21.9. The summed E-state index contributed by atoms with van der Waals surface area (Å²) in [6.07, 6.45) is 15.9. The number of nitrogens with one attached hydrogen (secondary N) is 2. The van der Waals surface area contributed by atoms with Crippen LogP contribution in [0, 0.1) is 17.8 Å². The minimum absolute atomic E-state index is 0.0982. The summed E-state index contributed by atoms with van der Waals surface area (Å²) < 4.78 is 0. The van der Waals surface area contributed by atoms with Crippen LogP contribution in [0.1, 0.15) is 90.7 Å². The zero-order chi connectivity index (χ0) is 39.7. The number of likely N-dealkylation sites (N-methyl/N-ethyl adjacent to an activating group) is 2. The first-order valence-corrected chi connectivity index (χ1v) is 20.2. The van der Waals surface area contributed by atoms with Crippen molar-refractivity contribution >= 4 is 17.5 Å². The zero-order valence-corrected chi connectivity index (χ0v) is 34.4. The maximum absolute atomic E-state index is 13.0. The smallest absolute Gasteiger partial charge is 0.223 e. The third kappa shape index (κ3) is 12.9. The number of carbonyl (C=O) groups is 1. The van der Waals surface area contributed by atoms with Gasteiger partial charge in [0, 0.05) is 37.3 Å². The molecular weight excluding hydrogens is 679 g/mol. The number of carbonyl (C=O) groups excluding carboxylic acids is 1. The molecule has 294 valence electrons. The molecule has 0 aromatic heterocycles. The van der Waals surface area contributed by atoms with E-state index in [4.69, 9.17) is 15.7 Å². The molecule has 4 N–H and O–H groups in total. The maximum Gasteiger partial charge on any atom is 0.223 e. The Bertz CT molecular complexity index is 1810. The van der Waals surface area contributed by atoms with Gasteiger partial charge in [-0.1, -0.05) is 92.5 Å². The van der Waals surface area contributed by atoms with E-state index in [0.717, 1.165) is 123 Å². The second-order valence-corrected chi connectivity index (χ2v) is 15.0. The van der Waals surface area contributed by atoms with Crippen molar-refractivity contribution in [1.82, 2.24) is 20.4 Å². The summed E-state index contributed by atoms with van der Waals surface area (Å²) in [5, 5.41) is 6.59. The third-order valence-corrected chi connectivity index (χ3v) is 10.4. The van der Waals surface area contributed by atoms with Gasteiger partial charge in [-0.15, -0.1) is 0 Å². The van der Waals surface area contributed by atoms with Crippen LogP contribution in [-0.4, -0.2) is 80.6 Å². The van der Waals surface area contributed by atoms with E-state index in [9.17, 15) is 4.79 Å². The SMILES string of the molecule is C=C(C)/C(=C\C1=C(C)CCC(=C/N)/C1=C\C=C1/C#CCN=C1CN(CCC)C(=C)[C@H](NC(=O)C1CC1)c1ccccc1)CCC/N=C(/CN(C)CCC)NC. The molecule has 0 spiro atoms. The first kappa shape index (κ1) is 42.9. The molecular formula is C47H65N7O. The summed E-state index contributed by atoms with van der Waals surface area (Å²) in [7, 11) is 4.09. The van der Waals surface area contributed by atoms with Gasteiger partial charge < -0.3 is 21.3 Å². The number of nitrogens with zero attached hydrogens (tertiary/aromatic N) is 4. The zero-order valence-electron chi connectivity index (χ0n) is 34.4. The number of rotatable bonds is 20. The quantitative estimate of drug-likeness (QED) is 0.0414. The molecule has 1 fully saturated rings. The van der Waals surface area contributed by atoms with E-state index in [1.54, 1.807) is 6.20 Å². The monoisotopic (exact) mass is 744 g/mol. The van der Waals surface area contributed by atoms with E-state index < -0.39 is 0 Å². The van der Waals surface area contributed by atoms with Crippen molar-refractivity contribution in [3.63, 3.8) is 0 Å². The Morgan fingerprint density at radius 1 is 1.13 bits per heavy atom. The molecule has 1 atom stereocenters. The molecule has 1 aromatic carbocycles. The lowest BCUT2D eigenvalue weighted by molar-refractivity contribution is -0.122. The highest BCUT2D eigenvalue weighted by Gasteiger charge is 2.33. The van der Waals surface area contributed by atoms with Gasteiger partial charge in [0.15, 0.2) is 0 Å². The number of hydrogen-bond acceptors (Lipinski definition) is 6. The fraction of sp³-hybridized carbons (Fsp3) is 0.468. The maximum atomic E-state index is 13.0. The normalized spacial score (nSPS) is 19.0. The van der Waals surface area contributed by atoms with Crippen molar-refractivity contribution in [2.45, 2.75) is 85.1 Å². The van der Waals surface area contributed by atoms with Gasteiger partial charge in [0.1, 0.15) is 12.4 Å². The largest absolute Gasteiger partial charge is 0.404 e. The Labute approximate surface area is 331 Å². The van der Waals surface area contributed by atoms with Crippen LogP contribution in [0.2, 0.25) is 0 Å². The summed E-state index contributed by atoms with van der Waals surface area (Å²) >= 11 is 0. The molecule has 0 bridgehead atoms. The lowest BCUT2D eigenvalue weighted by Crippen LogP contribution is -2.39. The number of benzene rings is 1. The summed E-state index contributed by atoms with van der Waals surface area (Å²) in [4.78, 5) is 27.4. The number of allylic oxidation sites excluding steroid dienone is 9.